The Labute approximate surface area is 63.4 Å². The molecule has 10 heavy (non-hydrogen) atoms. The van der Waals surface area contributed by atoms with Gasteiger partial charge in [0.05, 0.1) is 11.4 Å². The minimum absolute atomic E-state index is 0.211. The van der Waals surface area contributed by atoms with Crippen molar-refractivity contribution in [1.82, 2.24) is 0 Å². The van der Waals surface area contributed by atoms with Gasteiger partial charge in [0.25, 0.3) is 0 Å². The maximum atomic E-state index is 10.8. The molecule has 0 aliphatic rings. The first-order valence-electron chi connectivity index (χ1n) is 2.89. The number of alkyl halides is 1. The van der Waals surface area contributed by atoms with Gasteiger partial charge in [-0.3, -0.25) is 0 Å². The fraction of sp³-hybridized carbons (Fsp3) is 0.286. The van der Waals surface area contributed by atoms with Crippen LogP contribution in [0.1, 0.15) is 11.3 Å². The van der Waals surface area contributed by atoms with E-state index in [0.29, 0.717) is 11.3 Å². The molecule has 0 radical (unpaired) electrons. The van der Waals surface area contributed by atoms with Crippen molar-refractivity contribution < 1.29 is 4.42 Å². The Morgan fingerprint density at radius 2 is 2.30 bits per heavy atom. The van der Waals surface area contributed by atoms with Gasteiger partial charge in [-0.1, -0.05) is 0 Å². The summed E-state index contributed by atoms with van der Waals surface area (Å²) in [4.78, 5) is 10.8. The molecule has 3 heteroatoms. The molecule has 0 saturated heterocycles. The van der Waals surface area contributed by atoms with Crippen molar-refractivity contribution in [2.24, 2.45) is 0 Å². The summed E-state index contributed by atoms with van der Waals surface area (Å²) in [6, 6.07) is 3.40. The highest BCUT2D eigenvalue weighted by molar-refractivity contribution is 6.17. The molecule has 0 aromatic carbocycles. The highest BCUT2D eigenvalue weighted by atomic mass is 35.5. The summed E-state index contributed by atoms with van der Waals surface area (Å²) >= 11 is 5.42. The molecule has 1 aromatic rings. The Morgan fingerprint density at radius 3 is 2.80 bits per heavy atom. The number of hydrogen-bond acceptors (Lipinski definition) is 2. The quantitative estimate of drug-likeness (QED) is 0.583. The minimum atomic E-state index is -0.338. The molecule has 2 nitrogen and oxygen atoms in total. The lowest BCUT2D eigenvalue weighted by Gasteiger charge is -1.92. The molecule has 0 amide bonds. The largest absolute Gasteiger partial charge is 0.428 e. The number of rotatable bonds is 1. The fourth-order valence-electron chi connectivity index (χ4n) is 0.631. The van der Waals surface area contributed by atoms with E-state index in [1.165, 1.54) is 0 Å². The van der Waals surface area contributed by atoms with E-state index >= 15 is 0 Å². The average molecular weight is 159 g/mol. The summed E-state index contributed by atoms with van der Waals surface area (Å²) < 4.78 is 4.76. The van der Waals surface area contributed by atoms with Gasteiger partial charge in [-0.2, -0.15) is 0 Å². The summed E-state index contributed by atoms with van der Waals surface area (Å²) in [6.45, 7) is 1.72. The van der Waals surface area contributed by atoms with Gasteiger partial charge < -0.3 is 4.42 Å². The molecule has 0 atom stereocenters. The molecule has 1 heterocycles. The summed E-state index contributed by atoms with van der Waals surface area (Å²) in [6.07, 6.45) is 0. The van der Waals surface area contributed by atoms with Gasteiger partial charge >= 0.3 is 5.63 Å². The number of halogens is 1. The van der Waals surface area contributed by atoms with Crippen LogP contribution in [0, 0.1) is 6.92 Å². The van der Waals surface area contributed by atoms with E-state index in [-0.39, 0.29) is 11.5 Å². The van der Waals surface area contributed by atoms with Crippen molar-refractivity contribution in [3.8, 4) is 0 Å². The lowest BCUT2D eigenvalue weighted by atomic mass is 10.3. The van der Waals surface area contributed by atoms with Crippen LogP contribution in [0.4, 0.5) is 0 Å². The van der Waals surface area contributed by atoms with Gasteiger partial charge in [0.15, 0.2) is 0 Å². The van der Waals surface area contributed by atoms with Crippen LogP contribution in [0.3, 0.4) is 0 Å². The maximum Gasteiger partial charge on any atom is 0.340 e. The summed E-state index contributed by atoms with van der Waals surface area (Å²) in [5.74, 6) is 0.821. The summed E-state index contributed by atoms with van der Waals surface area (Å²) in [5.41, 5.74) is 0.169. The van der Waals surface area contributed by atoms with Gasteiger partial charge in [0.2, 0.25) is 0 Å². The van der Waals surface area contributed by atoms with Crippen LogP contribution >= 0.6 is 11.6 Å². The van der Waals surface area contributed by atoms with Crippen LogP contribution in [0.2, 0.25) is 0 Å². The van der Waals surface area contributed by atoms with Gasteiger partial charge in [-0.05, 0) is 19.1 Å². The van der Waals surface area contributed by atoms with Crippen molar-refractivity contribution in [3.05, 3.63) is 33.9 Å². The van der Waals surface area contributed by atoms with Crippen LogP contribution in [0.15, 0.2) is 21.3 Å². The van der Waals surface area contributed by atoms with Crippen LogP contribution in [0.25, 0.3) is 0 Å². The highest BCUT2D eigenvalue weighted by Crippen LogP contribution is 1.98. The summed E-state index contributed by atoms with van der Waals surface area (Å²) in [5, 5.41) is 0. The SMILES string of the molecule is Cc1ccc(CCl)c(=O)o1. The Balaban J connectivity index is 3.20. The van der Waals surface area contributed by atoms with Crippen molar-refractivity contribution >= 4 is 11.6 Å². The van der Waals surface area contributed by atoms with Crippen molar-refractivity contribution in [2.75, 3.05) is 0 Å². The molecule has 0 aliphatic heterocycles. The molecule has 0 unspecified atom stereocenters. The monoisotopic (exact) mass is 158 g/mol. The van der Waals surface area contributed by atoms with E-state index in [2.05, 4.69) is 0 Å². The smallest absolute Gasteiger partial charge is 0.340 e. The Hall–Kier alpha value is -0.760. The Bertz CT molecular complexity index is 277. The molecule has 54 valence electrons. The van der Waals surface area contributed by atoms with Crippen LogP contribution in [0.5, 0.6) is 0 Å². The van der Waals surface area contributed by atoms with E-state index in [0.717, 1.165) is 0 Å². The summed E-state index contributed by atoms with van der Waals surface area (Å²) in [7, 11) is 0. The van der Waals surface area contributed by atoms with Gasteiger partial charge in [-0.15, -0.1) is 11.6 Å². The third kappa shape index (κ3) is 1.39. The molecular formula is C7H7ClO2. The molecule has 1 aromatic heterocycles. The van der Waals surface area contributed by atoms with Crippen molar-refractivity contribution in [1.29, 1.82) is 0 Å². The third-order valence-electron chi connectivity index (χ3n) is 1.18. The Morgan fingerprint density at radius 1 is 1.60 bits per heavy atom. The molecule has 0 saturated carbocycles. The lowest BCUT2D eigenvalue weighted by molar-refractivity contribution is 0.475. The molecular weight excluding hydrogens is 152 g/mol. The van der Waals surface area contributed by atoms with Gasteiger partial charge in [-0.25, -0.2) is 4.79 Å². The zero-order valence-electron chi connectivity index (χ0n) is 5.56. The standard InChI is InChI=1S/C7H7ClO2/c1-5-2-3-6(4-8)7(9)10-5/h2-3H,4H2,1H3. The minimum Gasteiger partial charge on any atom is -0.428 e. The van der Waals surface area contributed by atoms with Crippen LogP contribution in [-0.2, 0) is 5.88 Å². The Kier molecular flexibility index (Phi) is 2.12. The third-order valence-corrected chi connectivity index (χ3v) is 1.47. The molecule has 0 bridgehead atoms. The first kappa shape index (κ1) is 7.35. The van der Waals surface area contributed by atoms with Crippen molar-refractivity contribution in [3.63, 3.8) is 0 Å². The zero-order valence-corrected chi connectivity index (χ0v) is 6.31. The molecule has 0 spiro atoms. The average Bonchev–Trinajstić information content (AvgIpc) is 1.88. The number of aryl methyl sites for hydroxylation is 1. The number of hydrogen-bond donors (Lipinski definition) is 0. The van der Waals surface area contributed by atoms with Crippen molar-refractivity contribution in [2.45, 2.75) is 12.8 Å². The van der Waals surface area contributed by atoms with E-state index in [1.807, 2.05) is 0 Å². The lowest BCUT2D eigenvalue weighted by Crippen LogP contribution is -2.04. The highest BCUT2D eigenvalue weighted by Gasteiger charge is 1.97. The zero-order chi connectivity index (χ0) is 7.56. The maximum absolute atomic E-state index is 10.8. The van der Waals surface area contributed by atoms with E-state index < -0.39 is 0 Å². The first-order valence-corrected chi connectivity index (χ1v) is 3.43. The molecule has 0 fully saturated rings. The predicted molar refractivity (Wildman–Crippen MR) is 39.3 cm³/mol. The molecule has 0 N–H and O–H groups in total. The molecule has 0 aliphatic carbocycles. The predicted octanol–water partition coefficient (Wildman–Crippen LogP) is 1.69. The second-order valence-electron chi connectivity index (χ2n) is 1.99. The van der Waals surface area contributed by atoms with E-state index in [4.69, 9.17) is 16.0 Å². The normalized spacial score (nSPS) is 9.80. The topological polar surface area (TPSA) is 30.2 Å². The fourth-order valence-corrected chi connectivity index (χ4v) is 0.829. The van der Waals surface area contributed by atoms with Crippen LogP contribution in [-0.4, -0.2) is 0 Å². The second-order valence-corrected chi connectivity index (χ2v) is 2.26. The van der Waals surface area contributed by atoms with E-state index in [9.17, 15) is 4.79 Å². The first-order chi connectivity index (χ1) is 4.74. The molecule has 1 rings (SSSR count). The van der Waals surface area contributed by atoms with Gasteiger partial charge in [0, 0.05) is 0 Å². The van der Waals surface area contributed by atoms with Gasteiger partial charge in [0.1, 0.15) is 5.76 Å². The van der Waals surface area contributed by atoms with Crippen LogP contribution < -0.4 is 5.63 Å². The second kappa shape index (κ2) is 2.88. The van der Waals surface area contributed by atoms with E-state index in [1.54, 1.807) is 19.1 Å².